The van der Waals surface area contributed by atoms with Gasteiger partial charge in [-0.1, -0.05) is 0 Å². The molecule has 0 atom stereocenters. The summed E-state index contributed by atoms with van der Waals surface area (Å²) in [7, 11) is 1.88. The molecule has 0 amide bonds. The molecule has 17 heavy (non-hydrogen) atoms. The third kappa shape index (κ3) is 2.72. The fourth-order valence-electron chi connectivity index (χ4n) is 1.70. The summed E-state index contributed by atoms with van der Waals surface area (Å²) in [6, 6.07) is 8.95. The number of carbonyl (C=O) groups is 1. The number of hydrogen-bond acceptors (Lipinski definition) is 3. The molecule has 0 saturated carbocycles. The summed E-state index contributed by atoms with van der Waals surface area (Å²) in [4.78, 5) is 11.9. The van der Waals surface area contributed by atoms with E-state index in [0.29, 0.717) is 24.1 Å². The van der Waals surface area contributed by atoms with Crippen molar-refractivity contribution in [3.63, 3.8) is 0 Å². The lowest BCUT2D eigenvalue weighted by molar-refractivity contribution is 0.0982. The van der Waals surface area contributed by atoms with Gasteiger partial charge in [0.25, 0.3) is 0 Å². The van der Waals surface area contributed by atoms with Crippen LogP contribution >= 0.6 is 0 Å². The van der Waals surface area contributed by atoms with Crippen LogP contribution < -0.4 is 5.73 Å². The number of rotatable bonds is 4. The summed E-state index contributed by atoms with van der Waals surface area (Å²) < 4.78 is 1.79. The molecule has 88 valence electrons. The van der Waals surface area contributed by atoms with Crippen LogP contribution in [-0.2, 0) is 13.5 Å². The lowest BCUT2D eigenvalue weighted by Gasteiger charge is -2.02. The first-order valence-corrected chi connectivity index (χ1v) is 5.52. The number of aromatic nitrogens is 2. The molecule has 0 aliphatic heterocycles. The zero-order chi connectivity index (χ0) is 12.3. The zero-order valence-corrected chi connectivity index (χ0v) is 9.76. The van der Waals surface area contributed by atoms with Gasteiger partial charge in [0, 0.05) is 36.6 Å². The fourth-order valence-corrected chi connectivity index (χ4v) is 1.70. The van der Waals surface area contributed by atoms with E-state index >= 15 is 0 Å². The van der Waals surface area contributed by atoms with Crippen LogP contribution in [0.1, 0.15) is 22.5 Å². The first-order valence-electron chi connectivity index (χ1n) is 5.52. The lowest BCUT2D eigenvalue weighted by atomic mass is 10.1. The predicted octanol–water partition coefficient (Wildman–Crippen LogP) is 1.82. The quantitative estimate of drug-likeness (QED) is 0.642. The minimum atomic E-state index is 0.131. The van der Waals surface area contributed by atoms with Crippen LogP contribution in [0.25, 0.3) is 0 Å². The average Bonchev–Trinajstić information content (AvgIpc) is 2.73. The Balaban J connectivity index is 1.98. The van der Waals surface area contributed by atoms with E-state index in [4.69, 9.17) is 5.73 Å². The Hall–Kier alpha value is -2.10. The van der Waals surface area contributed by atoms with E-state index in [-0.39, 0.29) is 5.78 Å². The van der Waals surface area contributed by atoms with Crippen molar-refractivity contribution in [2.45, 2.75) is 12.8 Å². The molecule has 0 aliphatic carbocycles. The molecule has 0 radical (unpaired) electrons. The highest BCUT2D eigenvalue weighted by atomic mass is 16.1. The second-order valence-electron chi connectivity index (χ2n) is 3.99. The minimum absolute atomic E-state index is 0.131. The summed E-state index contributed by atoms with van der Waals surface area (Å²) in [5, 5.41) is 4.07. The van der Waals surface area contributed by atoms with Gasteiger partial charge in [-0.15, -0.1) is 0 Å². The van der Waals surface area contributed by atoms with Gasteiger partial charge in [-0.05, 0) is 36.8 Å². The van der Waals surface area contributed by atoms with Crippen molar-refractivity contribution >= 4 is 11.5 Å². The molecule has 2 rings (SSSR count). The molecule has 0 unspecified atom stereocenters. The van der Waals surface area contributed by atoms with Crippen LogP contribution in [0, 0.1) is 0 Å². The highest BCUT2D eigenvalue weighted by molar-refractivity contribution is 5.96. The van der Waals surface area contributed by atoms with Gasteiger partial charge < -0.3 is 5.73 Å². The van der Waals surface area contributed by atoms with E-state index in [9.17, 15) is 4.79 Å². The molecular weight excluding hydrogens is 214 g/mol. The Morgan fingerprint density at radius 3 is 2.59 bits per heavy atom. The standard InChI is InChI=1S/C13H15N3O/c1-16-12(8-9-15-16)6-7-13(17)10-2-4-11(14)5-3-10/h2-5,8-9H,6-7,14H2,1H3. The number of aryl methyl sites for hydroxylation is 2. The minimum Gasteiger partial charge on any atom is -0.399 e. The van der Waals surface area contributed by atoms with Crippen molar-refractivity contribution < 1.29 is 4.79 Å². The monoisotopic (exact) mass is 229 g/mol. The van der Waals surface area contributed by atoms with E-state index in [1.165, 1.54) is 0 Å². The van der Waals surface area contributed by atoms with Gasteiger partial charge in [-0.2, -0.15) is 5.10 Å². The summed E-state index contributed by atoms with van der Waals surface area (Å²) in [6.45, 7) is 0. The maximum absolute atomic E-state index is 11.9. The number of nitrogens with two attached hydrogens (primary N) is 1. The Morgan fingerprint density at radius 1 is 1.29 bits per heavy atom. The van der Waals surface area contributed by atoms with E-state index in [2.05, 4.69) is 5.10 Å². The largest absolute Gasteiger partial charge is 0.399 e. The van der Waals surface area contributed by atoms with E-state index in [1.807, 2.05) is 13.1 Å². The lowest BCUT2D eigenvalue weighted by Crippen LogP contribution is -2.04. The van der Waals surface area contributed by atoms with Gasteiger partial charge in [0.05, 0.1) is 0 Å². The van der Waals surface area contributed by atoms with Gasteiger partial charge in [-0.3, -0.25) is 9.48 Å². The number of nitrogens with zero attached hydrogens (tertiary/aromatic N) is 2. The van der Waals surface area contributed by atoms with Crippen molar-refractivity contribution in [3.05, 3.63) is 47.8 Å². The maximum Gasteiger partial charge on any atom is 0.163 e. The Labute approximate surface area is 100 Å². The second kappa shape index (κ2) is 4.82. The van der Waals surface area contributed by atoms with Gasteiger partial charge in [0.2, 0.25) is 0 Å². The number of anilines is 1. The van der Waals surface area contributed by atoms with E-state index in [0.717, 1.165) is 5.69 Å². The van der Waals surface area contributed by atoms with Crippen molar-refractivity contribution in [2.75, 3.05) is 5.73 Å². The number of benzene rings is 1. The number of ketones is 1. The zero-order valence-electron chi connectivity index (χ0n) is 9.76. The molecule has 2 aromatic rings. The van der Waals surface area contributed by atoms with Crippen LogP contribution in [0.2, 0.25) is 0 Å². The number of Topliss-reactive ketones (excluding diaryl/α,β-unsaturated/α-hetero) is 1. The molecule has 0 fully saturated rings. The summed E-state index contributed by atoms with van der Waals surface area (Å²) in [6.07, 6.45) is 2.94. The molecule has 1 aromatic heterocycles. The molecule has 1 heterocycles. The van der Waals surface area contributed by atoms with Crippen LogP contribution in [0.4, 0.5) is 5.69 Å². The summed E-state index contributed by atoms with van der Waals surface area (Å²) >= 11 is 0. The highest BCUT2D eigenvalue weighted by Gasteiger charge is 2.07. The molecule has 0 bridgehead atoms. The topological polar surface area (TPSA) is 60.9 Å². The van der Waals surface area contributed by atoms with Crippen molar-refractivity contribution in [3.8, 4) is 0 Å². The van der Waals surface area contributed by atoms with Crippen LogP contribution in [0.15, 0.2) is 36.5 Å². The van der Waals surface area contributed by atoms with Crippen LogP contribution in [0.5, 0.6) is 0 Å². The van der Waals surface area contributed by atoms with Gasteiger partial charge in [0.1, 0.15) is 0 Å². The fraction of sp³-hybridized carbons (Fsp3) is 0.231. The molecule has 1 aromatic carbocycles. The van der Waals surface area contributed by atoms with Crippen molar-refractivity contribution in [2.24, 2.45) is 7.05 Å². The number of nitrogen functional groups attached to an aromatic ring is 1. The molecule has 0 saturated heterocycles. The molecule has 2 N–H and O–H groups in total. The third-order valence-corrected chi connectivity index (χ3v) is 2.76. The molecular formula is C13H15N3O. The molecule has 4 nitrogen and oxygen atoms in total. The summed E-state index contributed by atoms with van der Waals surface area (Å²) in [5.74, 6) is 0.131. The molecule has 4 heteroatoms. The Kier molecular flexibility index (Phi) is 3.23. The Bertz CT molecular complexity index is 514. The van der Waals surface area contributed by atoms with Crippen LogP contribution in [-0.4, -0.2) is 15.6 Å². The summed E-state index contributed by atoms with van der Waals surface area (Å²) in [5.41, 5.74) is 8.02. The Morgan fingerprint density at radius 2 is 2.00 bits per heavy atom. The second-order valence-corrected chi connectivity index (χ2v) is 3.99. The normalized spacial score (nSPS) is 10.4. The van der Waals surface area contributed by atoms with Gasteiger partial charge in [0.15, 0.2) is 5.78 Å². The first-order chi connectivity index (χ1) is 8.16. The number of hydrogen-bond donors (Lipinski definition) is 1. The highest BCUT2D eigenvalue weighted by Crippen LogP contribution is 2.10. The van der Waals surface area contributed by atoms with Gasteiger partial charge >= 0.3 is 0 Å². The SMILES string of the molecule is Cn1nccc1CCC(=O)c1ccc(N)cc1. The van der Waals surface area contributed by atoms with Crippen LogP contribution in [0.3, 0.4) is 0 Å². The van der Waals surface area contributed by atoms with Crippen molar-refractivity contribution in [1.29, 1.82) is 0 Å². The smallest absolute Gasteiger partial charge is 0.163 e. The number of carbonyl (C=O) groups excluding carboxylic acids is 1. The predicted molar refractivity (Wildman–Crippen MR) is 66.7 cm³/mol. The molecule has 0 spiro atoms. The van der Waals surface area contributed by atoms with Gasteiger partial charge in [-0.25, -0.2) is 0 Å². The van der Waals surface area contributed by atoms with Crippen molar-refractivity contribution in [1.82, 2.24) is 9.78 Å². The average molecular weight is 229 g/mol. The third-order valence-electron chi connectivity index (χ3n) is 2.76. The van der Waals surface area contributed by atoms with E-state index < -0.39 is 0 Å². The van der Waals surface area contributed by atoms with E-state index in [1.54, 1.807) is 35.1 Å². The molecule has 0 aliphatic rings. The maximum atomic E-state index is 11.9. The first kappa shape index (κ1) is 11.4.